The third-order valence-electron chi connectivity index (χ3n) is 2.64. The zero-order chi connectivity index (χ0) is 11.3. The fraction of sp³-hybridized carbons (Fsp3) is 0.800. The van der Waals surface area contributed by atoms with Crippen molar-refractivity contribution in [3.63, 3.8) is 0 Å². The van der Waals surface area contributed by atoms with E-state index in [9.17, 15) is 9.59 Å². The number of hydrogen-bond donors (Lipinski definition) is 2. The Bertz CT molecular complexity index is 243. The molecule has 0 saturated carbocycles. The van der Waals surface area contributed by atoms with Gasteiger partial charge in [0.15, 0.2) is 0 Å². The summed E-state index contributed by atoms with van der Waals surface area (Å²) in [6.07, 6.45) is 1.33. The third-order valence-corrected chi connectivity index (χ3v) is 2.64. The maximum atomic E-state index is 11.7. The van der Waals surface area contributed by atoms with Gasteiger partial charge in [-0.15, -0.1) is 0 Å². The highest BCUT2D eigenvalue weighted by atomic mass is 16.2. The lowest BCUT2D eigenvalue weighted by Crippen LogP contribution is -2.55. The molecule has 0 spiro atoms. The van der Waals surface area contributed by atoms with E-state index < -0.39 is 0 Å². The Kier molecular flexibility index (Phi) is 4.55. The van der Waals surface area contributed by atoms with Crippen LogP contribution in [0.25, 0.3) is 0 Å². The molecule has 2 N–H and O–H groups in total. The lowest BCUT2D eigenvalue weighted by atomic mass is 10.1. The number of carbonyl (C=O) groups is 2. The standard InChI is InChI=1S/C10H19N3O2/c1-8-10(15)12-6-7-13(8)9(14)4-3-5-11-2/h8,11H,3-7H2,1-2H3,(H,12,15). The highest BCUT2D eigenvalue weighted by molar-refractivity contribution is 5.88. The first-order valence-corrected chi connectivity index (χ1v) is 5.38. The van der Waals surface area contributed by atoms with Gasteiger partial charge in [0, 0.05) is 19.5 Å². The molecule has 0 aliphatic carbocycles. The van der Waals surface area contributed by atoms with Crippen molar-refractivity contribution in [2.24, 2.45) is 0 Å². The average Bonchev–Trinajstić information content (AvgIpc) is 2.22. The molecule has 0 radical (unpaired) electrons. The van der Waals surface area contributed by atoms with Crippen molar-refractivity contribution in [3.05, 3.63) is 0 Å². The van der Waals surface area contributed by atoms with Crippen molar-refractivity contribution in [2.75, 3.05) is 26.7 Å². The highest BCUT2D eigenvalue weighted by Crippen LogP contribution is 2.07. The van der Waals surface area contributed by atoms with Gasteiger partial charge in [0.25, 0.3) is 0 Å². The molecule has 1 unspecified atom stereocenters. The first kappa shape index (κ1) is 12.0. The molecule has 15 heavy (non-hydrogen) atoms. The van der Waals surface area contributed by atoms with Crippen LogP contribution in [0.15, 0.2) is 0 Å². The highest BCUT2D eigenvalue weighted by Gasteiger charge is 2.28. The monoisotopic (exact) mass is 213 g/mol. The van der Waals surface area contributed by atoms with Gasteiger partial charge in [-0.2, -0.15) is 0 Å². The SMILES string of the molecule is CNCCCC(=O)N1CCNC(=O)C1C. The average molecular weight is 213 g/mol. The summed E-state index contributed by atoms with van der Waals surface area (Å²) in [6.45, 7) is 3.80. The molecule has 1 aliphatic heterocycles. The van der Waals surface area contributed by atoms with Crippen LogP contribution in [0.1, 0.15) is 19.8 Å². The molecule has 2 amide bonds. The number of piperazine rings is 1. The molecule has 0 bridgehead atoms. The van der Waals surface area contributed by atoms with Crippen LogP contribution in [-0.4, -0.2) is 49.4 Å². The third kappa shape index (κ3) is 3.20. The van der Waals surface area contributed by atoms with E-state index in [1.54, 1.807) is 11.8 Å². The van der Waals surface area contributed by atoms with Gasteiger partial charge in [-0.3, -0.25) is 9.59 Å². The fourth-order valence-electron chi connectivity index (χ4n) is 1.68. The van der Waals surface area contributed by atoms with E-state index in [4.69, 9.17) is 0 Å². The molecule has 0 aromatic carbocycles. The summed E-state index contributed by atoms with van der Waals surface area (Å²) < 4.78 is 0. The molecule has 1 aliphatic rings. The van der Waals surface area contributed by atoms with Gasteiger partial charge >= 0.3 is 0 Å². The number of nitrogens with one attached hydrogen (secondary N) is 2. The van der Waals surface area contributed by atoms with E-state index in [1.165, 1.54) is 0 Å². The molecule has 86 valence electrons. The van der Waals surface area contributed by atoms with Crippen LogP contribution in [0.3, 0.4) is 0 Å². The van der Waals surface area contributed by atoms with Crippen molar-refractivity contribution in [1.82, 2.24) is 15.5 Å². The summed E-state index contributed by atoms with van der Waals surface area (Å²) in [5, 5.41) is 5.73. The lowest BCUT2D eigenvalue weighted by molar-refractivity contribution is -0.142. The van der Waals surface area contributed by atoms with E-state index in [2.05, 4.69) is 10.6 Å². The number of nitrogens with zero attached hydrogens (tertiary/aromatic N) is 1. The van der Waals surface area contributed by atoms with Crippen LogP contribution in [0.2, 0.25) is 0 Å². The number of hydrogen-bond acceptors (Lipinski definition) is 3. The topological polar surface area (TPSA) is 61.4 Å². The quantitative estimate of drug-likeness (QED) is 0.609. The summed E-state index contributed by atoms with van der Waals surface area (Å²) in [4.78, 5) is 24.7. The summed E-state index contributed by atoms with van der Waals surface area (Å²) >= 11 is 0. The molecule has 5 nitrogen and oxygen atoms in total. The zero-order valence-corrected chi connectivity index (χ0v) is 9.38. The Hall–Kier alpha value is -1.10. The summed E-state index contributed by atoms with van der Waals surface area (Å²) in [6, 6.07) is -0.319. The first-order valence-electron chi connectivity index (χ1n) is 5.38. The van der Waals surface area contributed by atoms with E-state index >= 15 is 0 Å². The van der Waals surface area contributed by atoms with Gasteiger partial charge in [-0.25, -0.2) is 0 Å². The second kappa shape index (κ2) is 5.70. The Balaban J connectivity index is 2.40. The molecule has 0 aromatic rings. The smallest absolute Gasteiger partial charge is 0.242 e. The van der Waals surface area contributed by atoms with Gasteiger partial charge in [0.1, 0.15) is 6.04 Å². The van der Waals surface area contributed by atoms with Crippen LogP contribution >= 0.6 is 0 Å². The number of amides is 2. The molecule has 1 heterocycles. The predicted octanol–water partition coefficient (Wildman–Crippen LogP) is -0.667. The normalized spacial score (nSPS) is 21.3. The van der Waals surface area contributed by atoms with Gasteiger partial charge in [-0.05, 0) is 26.9 Å². The van der Waals surface area contributed by atoms with E-state index in [-0.39, 0.29) is 17.9 Å². The maximum Gasteiger partial charge on any atom is 0.242 e. The second-order valence-electron chi connectivity index (χ2n) is 3.76. The van der Waals surface area contributed by atoms with Crippen LogP contribution in [0, 0.1) is 0 Å². The van der Waals surface area contributed by atoms with Gasteiger partial charge < -0.3 is 15.5 Å². The molecule has 0 aromatic heterocycles. The second-order valence-corrected chi connectivity index (χ2v) is 3.76. The maximum absolute atomic E-state index is 11.7. The Morgan fingerprint density at radius 2 is 2.40 bits per heavy atom. The minimum absolute atomic E-state index is 0.0526. The van der Waals surface area contributed by atoms with Crippen LogP contribution in [-0.2, 0) is 9.59 Å². The first-order chi connectivity index (χ1) is 7.16. The molecule has 1 fully saturated rings. The predicted molar refractivity (Wildman–Crippen MR) is 57.3 cm³/mol. The molecule has 5 heteroatoms. The molecule has 1 rings (SSSR count). The van der Waals surface area contributed by atoms with Crippen molar-refractivity contribution in [2.45, 2.75) is 25.8 Å². The molecular weight excluding hydrogens is 194 g/mol. The van der Waals surface area contributed by atoms with Crippen molar-refractivity contribution < 1.29 is 9.59 Å². The van der Waals surface area contributed by atoms with E-state index in [0.717, 1.165) is 13.0 Å². The molecule has 1 atom stereocenters. The zero-order valence-electron chi connectivity index (χ0n) is 9.38. The Labute approximate surface area is 90.2 Å². The molecular formula is C10H19N3O2. The van der Waals surface area contributed by atoms with E-state index in [0.29, 0.717) is 19.5 Å². The largest absolute Gasteiger partial charge is 0.353 e. The van der Waals surface area contributed by atoms with Gasteiger partial charge in [-0.1, -0.05) is 0 Å². The Morgan fingerprint density at radius 3 is 3.07 bits per heavy atom. The lowest BCUT2D eigenvalue weighted by Gasteiger charge is -2.32. The summed E-state index contributed by atoms with van der Waals surface area (Å²) in [7, 11) is 1.86. The molecule has 1 saturated heterocycles. The number of rotatable bonds is 4. The summed E-state index contributed by atoms with van der Waals surface area (Å²) in [5.41, 5.74) is 0. The fourth-order valence-corrected chi connectivity index (χ4v) is 1.68. The van der Waals surface area contributed by atoms with Crippen LogP contribution < -0.4 is 10.6 Å². The summed E-state index contributed by atoms with van der Waals surface area (Å²) in [5.74, 6) is 0.0239. The van der Waals surface area contributed by atoms with E-state index in [1.807, 2.05) is 7.05 Å². The van der Waals surface area contributed by atoms with Crippen LogP contribution in [0.4, 0.5) is 0 Å². The van der Waals surface area contributed by atoms with Crippen molar-refractivity contribution >= 4 is 11.8 Å². The van der Waals surface area contributed by atoms with Gasteiger partial charge in [0.2, 0.25) is 11.8 Å². The van der Waals surface area contributed by atoms with Crippen LogP contribution in [0.5, 0.6) is 0 Å². The van der Waals surface area contributed by atoms with Crippen molar-refractivity contribution in [3.8, 4) is 0 Å². The van der Waals surface area contributed by atoms with Crippen molar-refractivity contribution in [1.29, 1.82) is 0 Å². The number of carbonyl (C=O) groups excluding carboxylic acids is 2. The minimum Gasteiger partial charge on any atom is -0.353 e. The minimum atomic E-state index is -0.319. The van der Waals surface area contributed by atoms with Gasteiger partial charge in [0.05, 0.1) is 0 Å². The Morgan fingerprint density at radius 1 is 1.67 bits per heavy atom.